The van der Waals surface area contributed by atoms with Gasteiger partial charge in [-0.2, -0.15) is 0 Å². The molecular formula is C13H13F2N3O3. The number of aromatic nitrogens is 2. The van der Waals surface area contributed by atoms with Gasteiger partial charge in [0.05, 0.1) is 12.1 Å². The summed E-state index contributed by atoms with van der Waals surface area (Å²) in [6.07, 6.45) is -2.51. The van der Waals surface area contributed by atoms with Crippen LogP contribution >= 0.6 is 0 Å². The first-order chi connectivity index (χ1) is 10.1. The molecule has 0 saturated carbocycles. The smallest absolute Gasteiger partial charge is 0.374 e. The normalized spacial score (nSPS) is 11.0. The van der Waals surface area contributed by atoms with Gasteiger partial charge in [-0.05, 0) is 12.1 Å². The number of ether oxygens (including phenoxy) is 1. The molecule has 21 heavy (non-hydrogen) atoms. The maximum absolute atomic E-state index is 11.9. The Labute approximate surface area is 118 Å². The number of carboxylic acids is 1. The van der Waals surface area contributed by atoms with Gasteiger partial charge in [-0.15, -0.1) is 0 Å². The highest BCUT2D eigenvalue weighted by atomic mass is 19.3. The average molecular weight is 297 g/mol. The van der Waals surface area contributed by atoms with E-state index in [9.17, 15) is 13.6 Å². The first-order valence-electron chi connectivity index (χ1n) is 6.18. The molecule has 0 bridgehead atoms. The highest BCUT2D eigenvalue weighted by Gasteiger charge is 2.12. The van der Waals surface area contributed by atoms with Gasteiger partial charge in [0.1, 0.15) is 12.4 Å². The number of hydrogen-bond acceptors (Lipinski definition) is 5. The number of anilines is 1. The van der Waals surface area contributed by atoms with Crippen molar-refractivity contribution in [3.8, 4) is 0 Å². The number of fused-ring (bicyclic) bond motifs is 1. The Balaban J connectivity index is 2.12. The lowest BCUT2D eigenvalue weighted by molar-refractivity contribution is 0.0215. The molecule has 1 heterocycles. The summed E-state index contributed by atoms with van der Waals surface area (Å²) in [4.78, 5) is 18.8. The summed E-state index contributed by atoms with van der Waals surface area (Å²) >= 11 is 0. The number of carboxylic acid groups (broad SMARTS) is 1. The van der Waals surface area contributed by atoms with Gasteiger partial charge in [0.2, 0.25) is 5.82 Å². The van der Waals surface area contributed by atoms with Gasteiger partial charge in [0.25, 0.3) is 6.43 Å². The molecule has 8 heteroatoms. The van der Waals surface area contributed by atoms with Crippen LogP contribution in [0.1, 0.15) is 10.6 Å². The second-order valence-electron chi connectivity index (χ2n) is 4.11. The van der Waals surface area contributed by atoms with Gasteiger partial charge in [-0.25, -0.2) is 23.5 Å². The number of para-hydroxylation sites is 1. The number of alkyl halides is 2. The van der Waals surface area contributed by atoms with Gasteiger partial charge >= 0.3 is 5.97 Å². The fourth-order valence-electron chi connectivity index (χ4n) is 1.72. The third kappa shape index (κ3) is 4.06. The largest absolute Gasteiger partial charge is 0.475 e. The number of carbonyl (C=O) groups is 1. The lowest BCUT2D eigenvalue weighted by Crippen LogP contribution is -2.15. The molecule has 0 atom stereocenters. The maximum Gasteiger partial charge on any atom is 0.374 e. The van der Waals surface area contributed by atoms with E-state index in [1.54, 1.807) is 24.3 Å². The molecule has 2 rings (SSSR count). The molecule has 0 fully saturated rings. The zero-order chi connectivity index (χ0) is 15.2. The minimum Gasteiger partial charge on any atom is -0.475 e. The number of hydrogen-bond donors (Lipinski definition) is 2. The van der Waals surface area contributed by atoms with E-state index in [-0.39, 0.29) is 19.0 Å². The van der Waals surface area contributed by atoms with Crippen LogP contribution in [-0.2, 0) is 4.74 Å². The number of nitrogens with zero attached hydrogens (tertiary/aromatic N) is 2. The second kappa shape index (κ2) is 6.89. The number of nitrogens with one attached hydrogen (secondary N) is 1. The summed E-state index contributed by atoms with van der Waals surface area (Å²) < 4.78 is 28.5. The first kappa shape index (κ1) is 15.0. The lowest BCUT2D eigenvalue weighted by atomic mass is 10.2. The predicted molar refractivity (Wildman–Crippen MR) is 71.8 cm³/mol. The van der Waals surface area contributed by atoms with Crippen LogP contribution in [0.25, 0.3) is 10.9 Å². The topological polar surface area (TPSA) is 84.3 Å². The molecule has 0 aliphatic rings. The standard InChI is InChI=1S/C13H13F2N3O3/c14-10(15)7-21-6-5-16-11-8-3-1-2-4-9(8)17-12(18-11)13(19)20/h1-4,10H,5-7H2,(H,19,20)(H,16,17,18). The molecule has 1 aromatic heterocycles. The van der Waals surface area contributed by atoms with Crippen molar-refractivity contribution in [2.45, 2.75) is 6.43 Å². The Kier molecular flexibility index (Phi) is 4.94. The molecule has 0 amide bonds. The van der Waals surface area contributed by atoms with Crippen LogP contribution in [0.3, 0.4) is 0 Å². The quantitative estimate of drug-likeness (QED) is 0.761. The van der Waals surface area contributed by atoms with Crippen LogP contribution in [0.2, 0.25) is 0 Å². The molecule has 0 aliphatic carbocycles. The SMILES string of the molecule is O=C(O)c1nc(NCCOCC(F)F)c2ccccc2n1. The summed E-state index contributed by atoms with van der Waals surface area (Å²) in [5, 5.41) is 12.5. The second-order valence-corrected chi connectivity index (χ2v) is 4.11. The third-order valence-corrected chi connectivity index (χ3v) is 2.58. The van der Waals surface area contributed by atoms with Crippen LogP contribution in [0, 0.1) is 0 Å². The number of aromatic carboxylic acids is 1. The van der Waals surface area contributed by atoms with E-state index in [0.717, 1.165) is 0 Å². The van der Waals surface area contributed by atoms with Crippen molar-refractivity contribution < 1.29 is 23.4 Å². The van der Waals surface area contributed by atoms with E-state index >= 15 is 0 Å². The van der Waals surface area contributed by atoms with Crippen molar-refractivity contribution in [1.29, 1.82) is 0 Å². The van der Waals surface area contributed by atoms with Crippen LogP contribution in [0.5, 0.6) is 0 Å². The fraction of sp³-hybridized carbons (Fsp3) is 0.308. The lowest BCUT2D eigenvalue weighted by Gasteiger charge is -2.09. The van der Waals surface area contributed by atoms with Gasteiger partial charge < -0.3 is 15.2 Å². The molecule has 2 N–H and O–H groups in total. The highest BCUT2D eigenvalue weighted by Crippen LogP contribution is 2.19. The van der Waals surface area contributed by atoms with E-state index in [4.69, 9.17) is 9.84 Å². The van der Waals surface area contributed by atoms with E-state index in [0.29, 0.717) is 16.7 Å². The summed E-state index contributed by atoms with van der Waals surface area (Å²) in [5.41, 5.74) is 0.487. The van der Waals surface area contributed by atoms with Crippen LogP contribution < -0.4 is 5.32 Å². The van der Waals surface area contributed by atoms with Crippen LogP contribution in [0.4, 0.5) is 14.6 Å². The molecule has 6 nitrogen and oxygen atoms in total. The molecule has 0 radical (unpaired) electrons. The Morgan fingerprint density at radius 1 is 1.33 bits per heavy atom. The molecule has 0 unspecified atom stereocenters. The van der Waals surface area contributed by atoms with Crippen molar-refractivity contribution in [3.05, 3.63) is 30.1 Å². The summed E-state index contributed by atoms with van der Waals surface area (Å²) in [7, 11) is 0. The number of benzene rings is 1. The highest BCUT2D eigenvalue weighted by molar-refractivity contribution is 5.93. The molecule has 0 spiro atoms. The van der Waals surface area contributed by atoms with E-state index < -0.39 is 19.0 Å². The van der Waals surface area contributed by atoms with Crippen molar-refractivity contribution in [2.24, 2.45) is 0 Å². The molecule has 0 aliphatic heterocycles. The van der Waals surface area contributed by atoms with Gasteiger partial charge in [0.15, 0.2) is 0 Å². The van der Waals surface area contributed by atoms with Crippen molar-refractivity contribution in [2.75, 3.05) is 25.1 Å². The van der Waals surface area contributed by atoms with E-state index in [1.807, 2.05) is 0 Å². The van der Waals surface area contributed by atoms with Gasteiger partial charge in [0, 0.05) is 11.9 Å². The van der Waals surface area contributed by atoms with Crippen molar-refractivity contribution in [3.63, 3.8) is 0 Å². The monoisotopic (exact) mass is 297 g/mol. The summed E-state index contributed by atoms with van der Waals surface area (Å²) in [6.45, 7) is -0.343. The zero-order valence-electron chi connectivity index (χ0n) is 10.9. The third-order valence-electron chi connectivity index (χ3n) is 2.58. The van der Waals surface area contributed by atoms with Crippen LogP contribution in [-0.4, -0.2) is 47.2 Å². The van der Waals surface area contributed by atoms with Crippen LogP contribution in [0.15, 0.2) is 24.3 Å². The average Bonchev–Trinajstić information content (AvgIpc) is 2.46. The predicted octanol–water partition coefficient (Wildman–Crippen LogP) is 2.02. The molecule has 1 aromatic carbocycles. The van der Waals surface area contributed by atoms with Gasteiger partial charge in [-0.3, -0.25) is 0 Å². The Hall–Kier alpha value is -2.35. The van der Waals surface area contributed by atoms with E-state index in [2.05, 4.69) is 15.3 Å². The first-order valence-corrected chi connectivity index (χ1v) is 6.18. The fourth-order valence-corrected chi connectivity index (χ4v) is 1.72. The maximum atomic E-state index is 11.9. The minimum absolute atomic E-state index is 0.0606. The summed E-state index contributed by atoms with van der Waals surface area (Å²) in [6, 6.07) is 6.91. The Morgan fingerprint density at radius 2 is 2.10 bits per heavy atom. The number of rotatable bonds is 7. The molecule has 112 valence electrons. The molecule has 0 saturated heterocycles. The molecular weight excluding hydrogens is 284 g/mol. The van der Waals surface area contributed by atoms with E-state index in [1.165, 1.54) is 0 Å². The zero-order valence-corrected chi connectivity index (χ0v) is 10.9. The van der Waals surface area contributed by atoms with Crippen molar-refractivity contribution >= 4 is 22.7 Å². The summed E-state index contributed by atoms with van der Waals surface area (Å²) in [5.74, 6) is -1.24. The van der Waals surface area contributed by atoms with Gasteiger partial charge in [-0.1, -0.05) is 12.1 Å². The van der Waals surface area contributed by atoms with Crippen molar-refractivity contribution in [1.82, 2.24) is 9.97 Å². The number of halogens is 2. The Morgan fingerprint density at radius 3 is 2.81 bits per heavy atom. The molecule has 2 aromatic rings. The Bertz CT molecular complexity index is 637. The minimum atomic E-state index is -2.51.